The quantitative estimate of drug-likeness (QED) is 0.809. The molecule has 0 bridgehead atoms. The van der Waals surface area contributed by atoms with E-state index in [0.717, 1.165) is 24.4 Å². The van der Waals surface area contributed by atoms with E-state index in [0.29, 0.717) is 11.1 Å². The molecule has 1 fully saturated rings. The second-order valence-corrected chi connectivity index (χ2v) is 6.37. The number of anilines is 1. The lowest BCUT2D eigenvalue weighted by Crippen LogP contribution is -2.39. The summed E-state index contributed by atoms with van der Waals surface area (Å²) in [5, 5.41) is 9.91. The molecule has 21 heavy (non-hydrogen) atoms. The van der Waals surface area contributed by atoms with Gasteiger partial charge in [-0.05, 0) is 49.4 Å². The highest BCUT2D eigenvalue weighted by atomic mass is 35.5. The standard InChI is InChI=1S/C17H24ClNO2/c1-2-13-4-3-5-15(9-6-13)19(12-17(20)21)16-10-7-14(18)8-11-16/h7-8,10-11,13,15H,2-6,9,12H2,1H3,(H,20,21). The fraction of sp³-hybridized carbons (Fsp3) is 0.588. The van der Waals surface area contributed by atoms with Crippen LogP contribution >= 0.6 is 11.6 Å². The van der Waals surface area contributed by atoms with E-state index in [-0.39, 0.29) is 6.54 Å². The third-order valence-corrected chi connectivity index (χ3v) is 4.79. The van der Waals surface area contributed by atoms with Crippen molar-refractivity contribution in [1.29, 1.82) is 0 Å². The Balaban J connectivity index is 2.15. The third kappa shape index (κ3) is 4.63. The van der Waals surface area contributed by atoms with Crippen LogP contribution in [0.5, 0.6) is 0 Å². The van der Waals surface area contributed by atoms with E-state index in [1.54, 1.807) is 0 Å². The molecule has 0 aromatic heterocycles. The van der Waals surface area contributed by atoms with Crippen molar-refractivity contribution in [2.24, 2.45) is 5.92 Å². The SMILES string of the molecule is CCC1CCCC(N(CC(=O)O)c2ccc(Cl)cc2)CC1. The van der Waals surface area contributed by atoms with E-state index >= 15 is 0 Å². The van der Waals surface area contributed by atoms with Gasteiger partial charge in [-0.1, -0.05) is 37.8 Å². The Kier molecular flexibility index (Phi) is 5.92. The number of hydrogen-bond acceptors (Lipinski definition) is 2. The van der Waals surface area contributed by atoms with Crippen LogP contribution in [0.2, 0.25) is 5.02 Å². The molecule has 2 rings (SSSR count). The molecule has 116 valence electrons. The Morgan fingerprint density at radius 3 is 2.57 bits per heavy atom. The molecule has 1 saturated carbocycles. The molecule has 3 nitrogen and oxygen atoms in total. The monoisotopic (exact) mass is 309 g/mol. The van der Waals surface area contributed by atoms with Crippen molar-refractivity contribution in [2.45, 2.75) is 51.5 Å². The Bertz CT molecular complexity index is 460. The van der Waals surface area contributed by atoms with Gasteiger partial charge in [0, 0.05) is 16.8 Å². The topological polar surface area (TPSA) is 40.5 Å². The molecule has 0 heterocycles. The summed E-state index contributed by atoms with van der Waals surface area (Å²) < 4.78 is 0. The van der Waals surface area contributed by atoms with E-state index in [9.17, 15) is 9.90 Å². The summed E-state index contributed by atoms with van der Waals surface area (Å²) in [4.78, 5) is 13.3. The molecule has 2 atom stereocenters. The van der Waals surface area contributed by atoms with E-state index in [4.69, 9.17) is 11.6 Å². The van der Waals surface area contributed by atoms with Crippen LogP contribution in [0.3, 0.4) is 0 Å². The smallest absolute Gasteiger partial charge is 0.323 e. The van der Waals surface area contributed by atoms with Crippen LogP contribution in [0, 0.1) is 5.92 Å². The van der Waals surface area contributed by atoms with Crippen molar-refractivity contribution in [3.05, 3.63) is 29.3 Å². The molecule has 0 saturated heterocycles. The van der Waals surface area contributed by atoms with Crippen LogP contribution in [0.25, 0.3) is 0 Å². The first kappa shape index (κ1) is 16.2. The minimum Gasteiger partial charge on any atom is -0.480 e. The second kappa shape index (κ2) is 7.69. The number of carboxylic acids is 1. The van der Waals surface area contributed by atoms with Crippen molar-refractivity contribution in [2.75, 3.05) is 11.4 Å². The number of rotatable bonds is 5. The highest BCUT2D eigenvalue weighted by molar-refractivity contribution is 6.30. The zero-order valence-corrected chi connectivity index (χ0v) is 13.4. The van der Waals surface area contributed by atoms with Gasteiger partial charge in [-0.2, -0.15) is 0 Å². The van der Waals surface area contributed by atoms with Crippen LogP contribution in [0.15, 0.2) is 24.3 Å². The second-order valence-electron chi connectivity index (χ2n) is 5.93. The molecule has 1 N–H and O–H groups in total. The predicted octanol–water partition coefficient (Wildman–Crippen LogP) is 4.59. The first-order valence-electron chi connectivity index (χ1n) is 7.84. The Morgan fingerprint density at radius 1 is 1.24 bits per heavy atom. The van der Waals surface area contributed by atoms with E-state index in [2.05, 4.69) is 6.92 Å². The molecule has 1 aromatic carbocycles. The maximum absolute atomic E-state index is 11.2. The molecule has 1 aliphatic rings. The lowest BCUT2D eigenvalue weighted by Gasteiger charge is -2.32. The van der Waals surface area contributed by atoms with Gasteiger partial charge < -0.3 is 10.0 Å². The van der Waals surface area contributed by atoms with Crippen LogP contribution in [0.4, 0.5) is 5.69 Å². The zero-order valence-electron chi connectivity index (χ0n) is 12.6. The molecular weight excluding hydrogens is 286 g/mol. The average molecular weight is 310 g/mol. The Labute approximate surface area is 131 Å². The fourth-order valence-corrected chi connectivity index (χ4v) is 3.41. The molecule has 0 amide bonds. The van der Waals surface area contributed by atoms with E-state index in [1.165, 1.54) is 25.7 Å². The minimum atomic E-state index is -0.777. The van der Waals surface area contributed by atoms with Crippen molar-refractivity contribution < 1.29 is 9.90 Å². The van der Waals surface area contributed by atoms with Gasteiger partial charge >= 0.3 is 5.97 Å². The Morgan fingerprint density at radius 2 is 1.95 bits per heavy atom. The first-order chi connectivity index (χ1) is 10.1. The third-order valence-electron chi connectivity index (χ3n) is 4.54. The van der Waals surface area contributed by atoms with Gasteiger partial charge in [0.25, 0.3) is 0 Å². The van der Waals surface area contributed by atoms with Crippen LogP contribution in [-0.2, 0) is 4.79 Å². The van der Waals surface area contributed by atoms with Gasteiger partial charge in [-0.3, -0.25) is 4.79 Å². The average Bonchev–Trinajstić information content (AvgIpc) is 2.71. The summed E-state index contributed by atoms with van der Waals surface area (Å²) in [5.74, 6) is 0.0214. The molecule has 1 aromatic rings. The highest BCUT2D eigenvalue weighted by Gasteiger charge is 2.25. The molecule has 0 spiro atoms. The van der Waals surface area contributed by atoms with E-state index in [1.807, 2.05) is 29.2 Å². The molecule has 2 unspecified atom stereocenters. The lowest BCUT2D eigenvalue weighted by atomic mass is 9.97. The lowest BCUT2D eigenvalue weighted by molar-refractivity contribution is -0.135. The summed E-state index contributed by atoms with van der Waals surface area (Å²) in [6.07, 6.45) is 7.04. The number of carboxylic acid groups (broad SMARTS) is 1. The largest absolute Gasteiger partial charge is 0.480 e. The van der Waals surface area contributed by atoms with Crippen molar-refractivity contribution >= 4 is 23.3 Å². The molecule has 0 aliphatic heterocycles. The van der Waals surface area contributed by atoms with Gasteiger partial charge in [0.2, 0.25) is 0 Å². The zero-order chi connectivity index (χ0) is 15.2. The maximum Gasteiger partial charge on any atom is 0.323 e. The number of aliphatic carboxylic acids is 1. The number of nitrogens with zero attached hydrogens (tertiary/aromatic N) is 1. The Hall–Kier alpha value is -1.22. The molecule has 1 aliphatic carbocycles. The summed E-state index contributed by atoms with van der Waals surface area (Å²) in [6.45, 7) is 2.31. The van der Waals surface area contributed by atoms with Crippen molar-refractivity contribution in [3.63, 3.8) is 0 Å². The summed E-state index contributed by atoms with van der Waals surface area (Å²) >= 11 is 5.94. The summed E-state index contributed by atoms with van der Waals surface area (Å²) in [7, 11) is 0. The van der Waals surface area contributed by atoms with Gasteiger partial charge in [0.15, 0.2) is 0 Å². The normalized spacial score (nSPS) is 22.6. The fourth-order valence-electron chi connectivity index (χ4n) is 3.29. The van der Waals surface area contributed by atoms with Gasteiger partial charge in [-0.15, -0.1) is 0 Å². The van der Waals surface area contributed by atoms with Gasteiger partial charge in [-0.25, -0.2) is 0 Å². The van der Waals surface area contributed by atoms with Crippen molar-refractivity contribution in [3.8, 4) is 0 Å². The minimum absolute atomic E-state index is 0.0586. The van der Waals surface area contributed by atoms with Crippen molar-refractivity contribution in [1.82, 2.24) is 0 Å². The number of halogens is 1. The van der Waals surface area contributed by atoms with Crippen LogP contribution < -0.4 is 4.90 Å². The van der Waals surface area contributed by atoms with Crippen LogP contribution in [-0.4, -0.2) is 23.7 Å². The van der Waals surface area contributed by atoms with E-state index < -0.39 is 5.97 Å². The molecular formula is C17H24ClNO2. The number of carbonyl (C=O) groups is 1. The summed E-state index contributed by atoms with van der Waals surface area (Å²) in [6, 6.07) is 7.83. The molecule has 0 radical (unpaired) electrons. The number of benzene rings is 1. The van der Waals surface area contributed by atoms with Gasteiger partial charge in [0.05, 0.1) is 0 Å². The highest BCUT2D eigenvalue weighted by Crippen LogP contribution is 2.31. The first-order valence-corrected chi connectivity index (χ1v) is 8.22. The predicted molar refractivity (Wildman–Crippen MR) is 87.1 cm³/mol. The number of hydrogen-bond donors (Lipinski definition) is 1. The molecule has 4 heteroatoms. The van der Waals surface area contributed by atoms with Gasteiger partial charge in [0.1, 0.15) is 6.54 Å². The summed E-state index contributed by atoms with van der Waals surface area (Å²) in [5.41, 5.74) is 0.960. The van der Waals surface area contributed by atoms with Crippen LogP contribution in [0.1, 0.15) is 45.4 Å². The maximum atomic E-state index is 11.2.